The Morgan fingerprint density at radius 1 is 0.446 bits per heavy atom. The van der Waals surface area contributed by atoms with Gasteiger partial charge in [-0.1, -0.05) is 127 Å². The molecule has 10 aromatic rings. The van der Waals surface area contributed by atoms with Gasteiger partial charge in [-0.15, -0.1) is 0 Å². The Morgan fingerprint density at radius 3 is 1.66 bits per heavy atom. The summed E-state index contributed by atoms with van der Waals surface area (Å²) in [6, 6.07) is 63.1. The summed E-state index contributed by atoms with van der Waals surface area (Å²) >= 11 is 0. The highest BCUT2D eigenvalue weighted by molar-refractivity contribution is 6.12. The molecular weight excluding hydrogens is 797 g/mol. The molecule has 0 aliphatic rings. The maximum Gasteiger partial charge on any atom is 0.187 e. The largest absolute Gasteiger partial charge is 0.308 e. The van der Waals surface area contributed by atoms with E-state index in [1.165, 1.54) is 12.1 Å². The first-order chi connectivity index (χ1) is 32.0. The number of nitriles is 2. The predicted molar refractivity (Wildman–Crippen MR) is 257 cm³/mol. The summed E-state index contributed by atoms with van der Waals surface area (Å²) in [6.45, 7) is 23.3. The zero-order valence-electron chi connectivity index (χ0n) is 34.4. The van der Waals surface area contributed by atoms with E-state index in [2.05, 4.69) is 55.5 Å². The van der Waals surface area contributed by atoms with Crippen LogP contribution in [0.25, 0.3) is 109 Å². The highest BCUT2D eigenvalue weighted by Crippen LogP contribution is 2.46. The van der Waals surface area contributed by atoms with Gasteiger partial charge in [0.25, 0.3) is 0 Å². The Hall–Kier alpha value is -9.91. The summed E-state index contributed by atoms with van der Waals surface area (Å²) in [6.07, 6.45) is 0. The summed E-state index contributed by atoms with van der Waals surface area (Å²) in [4.78, 5) is 21.3. The van der Waals surface area contributed by atoms with Crippen LogP contribution in [0.2, 0.25) is 0 Å². The van der Waals surface area contributed by atoms with Gasteiger partial charge in [0.05, 0.1) is 65.5 Å². The lowest BCUT2D eigenvalue weighted by atomic mass is 9.91. The third-order valence-corrected chi connectivity index (χ3v) is 11.5. The molecular formula is C57H30N8. The molecule has 0 aliphatic carbocycles. The topological polar surface area (TPSA) is 91.4 Å². The summed E-state index contributed by atoms with van der Waals surface area (Å²) in [7, 11) is 0. The normalized spacial score (nSPS) is 10.7. The third kappa shape index (κ3) is 7.07. The van der Waals surface area contributed by atoms with Crippen molar-refractivity contribution < 1.29 is 0 Å². The second-order valence-corrected chi connectivity index (χ2v) is 15.3. The third-order valence-electron chi connectivity index (χ3n) is 11.5. The van der Waals surface area contributed by atoms with Crippen LogP contribution < -0.4 is 0 Å². The molecule has 0 radical (unpaired) electrons. The van der Waals surface area contributed by atoms with Gasteiger partial charge in [0, 0.05) is 49.7 Å². The van der Waals surface area contributed by atoms with Crippen molar-refractivity contribution >= 4 is 38.9 Å². The Balaban J connectivity index is 1.31. The number of benzene rings is 8. The minimum Gasteiger partial charge on any atom is -0.308 e. The number of aromatic nitrogens is 3. The highest BCUT2D eigenvalue weighted by atomic mass is 15.0. The van der Waals surface area contributed by atoms with E-state index in [9.17, 15) is 10.5 Å². The van der Waals surface area contributed by atoms with Gasteiger partial charge in [0.15, 0.2) is 22.9 Å². The molecule has 8 aromatic carbocycles. The van der Waals surface area contributed by atoms with Crippen LogP contribution in [0, 0.1) is 42.4 Å². The first kappa shape index (κ1) is 39.2. The molecule has 0 N–H and O–H groups in total. The van der Waals surface area contributed by atoms with Gasteiger partial charge >= 0.3 is 0 Å². The van der Waals surface area contributed by atoms with Crippen molar-refractivity contribution in [3.63, 3.8) is 0 Å². The molecule has 0 saturated heterocycles. The molecule has 0 saturated carbocycles. The van der Waals surface area contributed by atoms with Crippen LogP contribution in [0.5, 0.6) is 0 Å². The van der Waals surface area contributed by atoms with Gasteiger partial charge in [-0.05, 0) is 71.3 Å². The van der Waals surface area contributed by atoms with Crippen LogP contribution in [-0.2, 0) is 0 Å². The second-order valence-electron chi connectivity index (χ2n) is 15.3. The van der Waals surface area contributed by atoms with Gasteiger partial charge < -0.3 is 4.57 Å². The van der Waals surface area contributed by atoms with E-state index in [1.807, 2.05) is 146 Å². The molecule has 8 heteroatoms. The van der Waals surface area contributed by atoms with Gasteiger partial charge in [-0.3, -0.25) is 0 Å². The monoisotopic (exact) mass is 826 g/mol. The van der Waals surface area contributed by atoms with Crippen LogP contribution in [0.15, 0.2) is 182 Å². The second kappa shape index (κ2) is 16.5. The maximum absolute atomic E-state index is 10.3. The average Bonchev–Trinajstić information content (AvgIpc) is 3.71. The first-order valence-corrected chi connectivity index (χ1v) is 20.5. The molecule has 0 atom stereocenters. The maximum atomic E-state index is 10.3. The van der Waals surface area contributed by atoms with Crippen LogP contribution in [0.1, 0.15) is 11.1 Å². The molecule has 298 valence electrons. The summed E-state index contributed by atoms with van der Waals surface area (Å²) in [5.74, 6) is 0.580. The molecule has 2 aromatic heterocycles. The van der Waals surface area contributed by atoms with E-state index in [4.69, 9.17) is 29.7 Å². The summed E-state index contributed by atoms with van der Waals surface area (Å²) in [5.41, 5.74) is 13.2. The van der Waals surface area contributed by atoms with Crippen molar-refractivity contribution in [1.82, 2.24) is 14.5 Å². The Morgan fingerprint density at radius 2 is 1.03 bits per heavy atom. The minimum atomic E-state index is 0.234. The van der Waals surface area contributed by atoms with Gasteiger partial charge in [0.1, 0.15) is 0 Å². The molecule has 0 fully saturated rings. The Labute approximate surface area is 374 Å². The van der Waals surface area contributed by atoms with Crippen molar-refractivity contribution in [2.75, 3.05) is 0 Å². The van der Waals surface area contributed by atoms with Crippen molar-refractivity contribution in [3.05, 3.63) is 227 Å². The van der Waals surface area contributed by atoms with Gasteiger partial charge in [-0.2, -0.15) is 10.5 Å². The van der Waals surface area contributed by atoms with E-state index in [0.29, 0.717) is 33.9 Å². The zero-order chi connectivity index (χ0) is 44.4. The summed E-state index contributed by atoms with van der Waals surface area (Å²) in [5, 5.41) is 22.0. The fourth-order valence-electron chi connectivity index (χ4n) is 8.50. The molecule has 8 nitrogen and oxygen atoms in total. The highest BCUT2D eigenvalue weighted by Gasteiger charge is 2.24. The van der Waals surface area contributed by atoms with Crippen molar-refractivity contribution in [2.24, 2.45) is 0 Å². The molecule has 0 aliphatic heterocycles. The average molecular weight is 827 g/mol. The SMILES string of the molecule is [C-]#[N+]c1ccc(-c2cc(-c3cc(-c4ccccc4)nc(-c4ccccc4)n3)cc(-c3ccc(C#N)cc3)c2-n2c3ccccc3c3cc(-c4c(C#N)cc([N+]#[C-])cc4[N+]#[C-])ccc32)cc1. The van der Waals surface area contributed by atoms with Crippen LogP contribution in [0.4, 0.5) is 17.1 Å². The lowest BCUT2D eigenvalue weighted by Crippen LogP contribution is -2.03. The molecule has 0 amide bonds. The fourth-order valence-corrected chi connectivity index (χ4v) is 8.50. The van der Waals surface area contributed by atoms with Crippen LogP contribution >= 0.6 is 0 Å². The lowest BCUT2D eigenvalue weighted by Gasteiger charge is -2.21. The standard InChI is InChI=1S/C57H30N8/c1-60-44-25-22-38(23-26-44)48-31-42(51-33-50(39-12-6-4-7-13-39)63-57(64-51)40-14-8-5-9-15-40)30-47(37-20-18-36(34-58)19-21-37)56(48)65-53-17-11-10-16-46(53)49-29-41(24-27-54(49)65)55-43(35-59)28-45(61-2)32-52(55)62-3/h4-33H. The Kier molecular flexibility index (Phi) is 9.97. The first-order valence-electron chi connectivity index (χ1n) is 20.5. The van der Waals surface area contributed by atoms with Gasteiger partial charge in [-0.25, -0.2) is 24.5 Å². The molecule has 0 bridgehead atoms. The molecule has 2 heterocycles. The van der Waals surface area contributed by atoms with Crippen molar-refractivity contribution in [1.29, 1.82) is 10.5 Å². The lowest BCUT2D eigenvalue weighted by molar-refractivity contribution is 1.17. The van der Waals surface area contributed by atoms with Crippen molar-refractivity contribution in [2.45, 2.75) is 0 Å². The predicted octanol–water partition coefficient (Wildman–Crippen LogP) is 15.0. The zero-order valence-corrected chi connectivity index (χ0v) is 34.4. The van der Waals surface area contributed by atoms with E-state index in [1.54, 1.807) is 0 Å². The van der Waals surface area contributed by atoms with Gasteiger partial charge in [0.2, 0.25) is 0 Å². The van der Waals surface area contributed by atoms with E-state index in [0.717, 1.165) is 72.1 Å². The number of hydrogen-bond acceptors (Lipinski definition) is 4. The van der Waals surface area contributed by atoms with E-state index in [-0.39, 0.29) is 16.9 Å². The fraction of sp³-hybridized carbons (Fsp3) is 0. The van der Waals surface area contributed by atoms with Crippen LogP contribution in [-0.4, -0.2) is 14.5 Å². The summed E-state index contributed by atoms with van der Waals surface area (Å²) < 4.78 is 2.25. The number of rotatable bonds is 7. The quantitative estimate of drug-likeness (QED) is 0.150. The molecule has 65 heavy (non-hydrogen) atoms. The minimum absolute atomic E-state index is 0.234. The number of para-hydroxylation sites is 1. The van der Waals surface area contributed by atoms with Crippen LogP contribution in [0.3, 0.4) is 0 Å². The van der Waals surface area contributed by atoms with Crippen molar-refractivity contribution in [3.8, 4) is 85.1 Å². The molecule has 0 unspecified atom stereocenters. The Bertz CT molecular complexity index is 3570. The van der Waals surface area contributed by atoms with E-state index >= 15 is 0 Å². The number of fused-ring (bicyclic) bond motifs is 3. The molecule has 0 spiro atoms. The van der Waals surface area contributed by atoms with E-state index < -0.39 is 0 Å². The number of hydrogen-bond donors (Lipinski definition) is 0. The molecule has 10 rings (SSSR count). The smallest absolute Gasteiger partial charge is 0.187 e. The number of nitrogens with zero attached hydrogens (tertiary/aromatic N) is 8.